The third kappa shape index (κ3) is 6.52. The van der Waals surface area contributed by atoms with E-state index in [1.165, 1.54) is 12.1 Å². The maximum absolute atomic E-state index is 15.4. The Labute approximate surface area is 200 Å². The van der Waals surface area contributed by atoms with Crippen molar-refractivity contribution in [3.8, 4) is 0 Å². The van der Waals surface area contributed by atoms with Crippen molar-refractivity contribution >= 4 is 23.7 Å². The van der Waals surface area contributed by atoms with Crippen LogP contribution >= 0.6 is 0 Å². The molecule has 0 unspecified atom stereocenters. The van der Waals surface area contributed by atoms with Gasteiger partial charge in [-0.25, -0.2) is 18.8 Å². The van der Waals surface area contributed by atoms with Crippen molar-refractivity contribution in [2.75, 3.05) is 6.54 Å². The third-order valence-corrected chi connectivity index (χ3v) is 5.03. The molecule has 1 saturated heterocycles. The van der Waals surface area contributed by atoms with Crippen molar-refractivity contribution in [1.82, 2.24) is 4.90 Å². The molecule has 3 atom stereocenters. The molecule has 0 spiro atoms. The minimum absolute atomic E-state index is 0.0540. The van der Waals surface area contributed by atoms with Crippen LogP contribution in [-0.2, 0) is 25.6 Å². The van der Waals surface area contributed by atoms with E-state index in [4.69, 9.17) is 14.2 Å². The molecule has 0 N–H and O–H groups in total. The summed E-state index contributed by atoms with van der Waals surface area (Å²) >= 11 is 0. The first-order valence-corrected chi connectivity index (χ1v) is 10.8. The fraction of sp³-hybridized carbons (Fsp3) is 0.375. The zero-order valence-corrected chi connectivity index (χ0v) is 19.4. The summed E-state index contributed by atoms with van der Waals surface area (Å²) in [4.78, 5) is 49.0. The van der Waals surface area contributed by atoms with Crippen LogP contribution in [0.3, 0.4) is 0 Å². The number of likely N-dealkylation sites (tertiary alicyclic amines) is 1. The van der Waals surface area contributed by atoms with Gasteiger partial charge in [0.1, 0.15) is 12.2 Å². The summed E-state index contributed by atoms with van der Waals surface area (Å²) in [5.41, 5.74) is -0.543. The number of esters is 2. The predicted octanol–water partition coefficient (Wildman–Crippen LogP) is 3.82. The first kappa shape index (κ1) is 25.6. The Hall–Kier alpha value is -4.02. The summed E-state index contributed by atoms with van der Waals surface area (Å²) in [5.74, 6) is -1.98. The van der Waals surface area contributed by atoms with E-state index in [0.29, 0.717) is 5.56 Å². The Bertz CT molecular complexity index is 1080. The van der Waals surface area contributed by atoms with Crippen molar-refractivity contribution in [2.24, 2.45) is 0 Å². The van der Waals surface area contributed by atoms with E-state index in [0.717, 1.165) is 17.0 Å². The molecule has 11 heteroatoms. The maximum Gasteiger partial charge on any atom is 0.411 e. The molecule has 186 valence electrons. The Morgan fingerprint density at radius 1 is 1.09 bits per heavy atom. The summed E-state index contributed by atoms with van der Waals surface area (Å²) in [6, 6.07) is 11.6. The zero-order valence-electron chi connectivity index (χ0n) is 19.4. The van der Waals surface area contributed by atoms with Gasteiger partial charge in [-0.1, -0.05) is 30.3 Å². The number of nitro benzene ring substituents is 1. The number of benzene rings is 2. The van der Waals surface area contributed by atoms with Crippen LogP contribution in [0.1, 0.15) is 36.7 Å². The fourth-order valence-electron chi connectivity index (χ4n) is 3.39. The van der Waals surface area contributed by atoms with Gasteiger partial charge in [-0.15, -0.1) is 0 Å². The number of carbonyl (C=O) groups excluding carboxylic acids is 3. The van der Waals surface area contributed by atoms with E-state index >= 15 is 4.39 Å². The van der Waals surface area contributed by atoms with E-state index in [2.05, 4.69) is 0 Å². The largest absolute Gasteiger partial charge is 0.459 e. The second-order valence-electron chi connectivity index (χ2n) is 8.86. The van der Waals surface area contributed by atoms with Gasteiger partial charge in [0, 0.05) is 12.1 Å². The molecular formula is C24H25FN2O8. The first-order chi connectivity index (χ1) is 16.5. The van der Waals surface area contributed by atoms with Crippen molar-refractivity contribution < 1.29 is 37.9 Å². The van der Waals surface area contributed by atoms with Crippen LogP contribution in [0.5, 0.6) is 0 Å². The summed E-state index contributed by atoms with van der Waals surface area (Å²) in [7, 11) is 0. The highest BCUT2D eigenvalue weighted by atomic mass is 19.1. The highest BCUT2D eigenvalue weighted by molar-refractivity contribution is 5.90. The smallest absolute Gasteiger partial charge is 0.411 e. The Morgan fingerprint density at radius 3 is 2.29 bits per heavy atom. The van der Waals surface area contributed by atoms with Crippen molar-refractivity contribution in [3.63, 3.8) is 0 Å². The van der Waals surface area contributed by atoms with Crippen LogP contribution in [0.4, 0.5) is 14.9 Å². The lowest BCUT2D eigenvalue weighted by Crippen LogP contribution is -2.46. The molecule has 0 saturated carbocycles. The van der Waals surface area contributed by atoms with Crippen LogP contribution in [0.2, 0.25) is 0 Å². The molecule has 0 aromatic heterocycles. The summed E-state index contributed by atoms with van der Waals surface area (Å²) in [6.07, 6.45) is -4.54. The molecule has 3 rings (SSSR count). The van der Waals surface area contributed by atoms with Crippen LogP contribution in [0.15, 0.2) is 54.6 Å². The quantitative estimate of drug-likeness (QED) is 0.260. The van der Waals surface area contributed by atoms with Gasteiger partial charge in [0.2, 0.25) is 0 Å². The van der Waals surface area contributed by atoms with Crippen molar-refractivity contribution in [1.29, 1.82) is 0 Å². The highest BCUT2D eigenvalue weighted by Gasteiger charge is 2.52. The third-order valence-electron chi connectivity index (χ3n) is 5.03. The zero-order chi connectivity index (χ0) is 25.8. The van der Waals surface area contributed by atoms with Gasteiger partial charge in [0.25, 0.3) is 5.69 Å². The predicted molar refractivity (Wildman–Crippen MR) is 120 cm³/mol. The van der Waals surface area contributed by atoms with Crippen molar-refractivity contribution in [2.45, 2.75) is 51.3 Å². The minimum atomic E-state index is -2.09. The fourth-order valence-corrected chi connectivity index (χ4v) is 3.39. The molecule has 10 nitrogen and oxygen atoms in total. The molecule has 1 amide bonds. The molecule has 1 aliphatic heterocycles. The maximum atomic E-state index is 15.4. The first-order valence-electron chi connectivity index (χ1n) is 10.8. The summed E-state index contributed by atoms with van der Waals surface area (Å²) < 4.78 is 31.2. The molecule has 2 aromatic carbocycles. The standard InChI is InChI=1S/C24H25FN2O8/c1-24(2,3)35-23(30)26-13-18(34-21(28)16-9-11-17(12-10-16)27(31)32)19(25)20(26)22(29)33-14-15-7-5-4-6-8-15/h4-12,18-20H,13-14H2,1-3H3/t18-,19+,20+/m1/s1. The van der Waals surface area contributed by atoms with E-state index in [1.807, 2.05) is 0 Å². The van der Waals surface area contributed by atoms with Gasteiger partial charge in [-0.3, -0.25) is 15.0 Å². The molecule has 2 aromatic rings. The molecule has 0 aliphatic carbocycles. The van der Waals surface area contributed by atoms with Crippen LogP contribution in [0.25, 0.3) is 0 Å². The molecular weight excluding hydrogens is 463 g/mol. The number of ether oxygens (including phenoxy) is 3. The molecule has 1 heterocycles. The monoisotopic (exact) mass is 488 g/mol. The Morgan fingerprint density at radius 2 is 1.71 bits per heavy atom. The van der Waals surface area contributed by atoms with Gasteiger partial charge in [0.05, 0.1) is 17.0 Å². The number of amides is 1. The number of alkyl halides is 1. The number of rotatable bonds is 6. The van der Waals surface area contributed by atoms with Crippen LogP contribution in [-0.4, -0.2) is 58.3 Å². The SMILES string of the molecule is CC(C)(C)OC(=O)N1C[C@@H](OC(=O)c2ccc([N+](=O)[O-])cc2)[C@H](F)[C@H]1C(=O)OCc1ccccc1. The Balaban J connectivity index is 1.76. The van der Waals surface area contributed by atoms with E-state index in [9.17, 15) is 24.5 Å². The highest BCUT2D eigenvalue weighted by Crippen LogP contribution is 2.28. The number of nitro groups is 1. The number of hydrogen-bond acceptors (Lipinski definition) is 8. The average molecular weight is 488 g/mol. The van der Waals surface area contributed by atoms with E-state index in [1.54, 1.807) is 51.1 Å². The lowest BCUT2D eigenvalue weighted by atomic mass is 10.1. The number of carbonyl (C=O) groups is 3. The number of non-ortho nitro benzene ring substituents is 1. The molecule has 0 bridgehead atoms. The number of hydrogen-bond donors (Lipinski definition) is 0. The van der Waals surface area contributed by atoms with Crippen LogP contribution in [0, 0.1) is 10.1 Å². The second-order valence-corrected chi connectivity index (χ2v) is 8.86. The van der Waals surface area contributed by atoms with Gasteiger partial charge >= 0.3 is 18.0 Å². The summed E-state index contributed by atoms with van der Waals surface area (Å²) in [6.45, 7) is 4.26. The lowest BCUT2D eigenvalue weighted by Gasteiger charge is -2.27. The number of halogens is 1. The van der Waals surface area contributed by atoms with Gasteiger partial charge in [-0.2, -0.15) is 0 Å². The van der Waals surface area contributed by atoms with Gasteiger partial charge in [0.15, 0.2) is 18.3 Å². The van der Waals surface area contributed by atoms with Gasteiger partial charge < -0.3 is 14.2 Å². The molecule has 1 fully saturated rings. The number of nitrogens with zero attached hydrogens (tertiary/aromatic N) is 2. The normalized spacial score (nSPS) is 19.7. The minimum Gasteiger partial charge on any atom is -0.459 e. The molecule has 0 radical (unpaired) electrons. The van der Waals surface area contributed by atoms with Crippen molar-refractivity contribution in [3.05, 3.63) is 75.8 Å². The second kappa shape index (κ2) is 10.5. The van der Waals surface area contributed by atoms with E-state index in [-0.39, 0.29) is 17.9 Å². The average Bonchev–Trinajstić information content (AvgIpc) is 3.13. The topological polar surface area (TPSA) is 125 Å². The Kier molecular flexibility index (Phi) is 7.68. The lowest BCUT2D eigenvalue weighted by molar-refractivity contribution is -0.384. The molecule has 35 heavy (non-hydrogen) atoms. The molecule has 1 aliphatic rings. The van der Waals surface area contributed by atoms with Crippen LogP contribution < -0.4 is 0 Å². The summed E-state index contributed by atoms with van der Waals surface area (Å²) in [5, 5.41) is 10.8. The van der Waals surface area contributed by atoms with E-state index < -0.39 is 53.4 Å². The van der Waals surface area contributed by atoms with Gasteiger partial charge in [-0.05, 0) is 38.5 Å².